The lowest BCUT2D eigenvalue weighted by Crippen LogP contribution is -2.08. The monoisotopic (exact) mass is 431 g/mol. The number of aromatic nitrogens is 3. The average Bonchev–Trinajstić information content (AvgIpc) is 2.79. The third-order valence-electron chi connectivity index (χ3n) is 4.07. The summed E-state index contributed by atoms with van der Waals surface area (Å²) in [6, 6.07) is 8.53. The Kier molecular flexibility index (Phi) is 7.26. The first kappa shape index (κ1) is 22.2. The maximum Gasteiger partial charge on any atom is 0.232 e. The molecule has 32 heavy (non-hydrogen) atoms. The molecule has 0 radical (unpaired) electrons. The van der Waals surface area contributed by atoms with Gasteiger partial charge in [-0.15, -0.1) is 0 Å². The van der Waals surface area contributed by atoms with Crippen molar-refractivity contribution < 1.29 is 9.13 Å². The zero-order chi connectivity index (χ0) is 22.9. The van der Waals surface area contributed by atoms with Crippen LogP contribution in [0.1, 0.15) is 0 Å². The lowest BCUT2D eigenvalue weighted by molar-refractivity contribution is 0.464. The van der Waals surface area contributed by atoms with Gasteiger partial charge in [0.15, 0.2) is 0 Å². The maximum atomic E-state index is 13.8. The predicted octanol–water partition coefficient (Wildman–Crippen LogP) is 4.49. The Morgan fingerprint density at radius 3 is 2.78 bits per heavy atom. The van der Waals surface area contributed by atoms with E-state index in [0.717, 1.165) is 11.9 Å². The molecular weight excluding hydrogens is 409 g/mol. The molecule has 3 rings (SSSR count). The van der Waals surface area contributed by atoms with E-state index in [9.17, 15) is 4.39 Å². The summed E-state index contributed by atoms with van der Waals surface area (Å²) >= 11 is 0. The molecule has 4 N–H and O–H groups in total. The van der Waals surface area contributed by atoms with Gasteiger partial charge in [0.2, 0.25) is 11.8 Å². The normalized spacial score (nSPS) is 11.2. The van der Waals surface area contributed by atoms with E-state index in [0.29, 0.717) is 28.3 Å². The fourth-order valence-corrected chi connectivity index (χ4v) is 2.63. The van der Waals surface area contributed by atoms with Crippen molar-refractivity contribution in [3.05, 3.63) is 91.6 Å². The Balaban J connectivity index is 2.00. The fourth-order valence-electron chi connectivity index (χ4n) is 2.63. The molecule has 0 saturated heterocycles. The molecule has 0 bridgehead atoms. The van der Waals surface area contributed by atoms with Crippen LogP contribution in [0, 0.1) is 5.82 Å². The zero-order valence-corrected chi connectivity index (χ0v) is 17.4. The quantitative estimate of drug-likeness (QED) is 0.338. The van der Waals surface area contributed by atoms with Crippen LogP contribution in [0.25, 0.3) is 11.1 Å². The molecule has 0 spiro atoms. The maximum absolute atomic E-state index is 13.8. The molecule has 0 unspecified atom stereocenters. The number of aliphatic imine (C=N–C) groups is 1. The molecule has 8 nitrogen and oxygen atoms in total. The second-order valence-corrected chi connectivity index (χ2v) is 6.42. The van der Waals surface area contributed by atoms with Gasteiger partial charge in [0.25, 0.3) is 0 Å². The number of allylic oxidation sites excluding steroid dienone is 2. The van der Waals surface area contributed by atoms with Crippen LogP contribution in [-0.4, -0.2) is 28.2 Å². The van der Waals surface area contributed by atoms with Gasteiger partial charge in [-0.3, -0.25) is 9.98 Å². The highest BCUT2D eigenvalue weighted by atomic mass is 19.1. The molecule has 0 aliphatic heterocycles. The molecule has 0 atom stereocenters. The minimum Gasteiger partial charge on any atom is -0.438 e. The van der Waals surface area contributed by atoms with Crippen molar-refractivity contribution in [2.45, 2.75) is 0 Å². The minimum atomic E-state index is -0.489. The van der Waals surface area contributed by atoms with E-state index in [-0.39, 0.29) is 11.8 Å². The molecule has 2 aromatic heterocycles. The molecular formula is C23H22FN7O. The van der Waals surface area contributed by atoms with Crippen LogP contribution >= 0.6 is 0 Å². The van der Waals surface area contributed by atoms with Crippen molar-refractivity contribution in [1.29, 1.82) is 0 Å². The fraction of sp³-hybridized carbons (Fsp3) is 0.0435. The summed E-state index contributed by atoms with van der Waals surface area (Å²) in [7, 11) is 1.61. The van der Waals surface area contributed by atoms with E-state index in [4.69, 9.17) is 10.5 Å². The number of nitrogens with two attached hydrogens (primary N) is 1. The predicted molar refractivity (Wildman–Crippen MR) is 125 cm³/mol. The van der Waals surface area contributed by atoms with E-state index < -0.39 is 5.82 Å². The van der Waals surface area contributed by atoms with Crippen molar-refractivity contribution in [3.8, 4) is 22.8 Å². The summed E-state index contributed by atoms with van der Waals surface area (Å²) in [4.78, 5) is 16.5. The van der Waals surface area contributed by atoms with Crippen LogP contribution in [0.15, 0.2) is 90.7 Å². The number of ether oxygens (including phenoxy) is 1. The van der Waals surface area contributed by atoms with E-state index >= 15 is 0 Å². The largest absolute Gasteiger partial charge is 0.438 e. The number of rotatable bonds is 9. The van der Waals surface area contributed by atoms with Crippen molar-refractivity contribution in [3.63, 3.8) is 0 Å². The number of hydrogen-bond acceptors (Lipinski definition) is 8. The van der Waals surface area contributed by atoms with Gasteiger partial charge >= 0.3 is 0 Å². The van der Waals surface area contributed by atoms with Crippen LogP contribution in [0.3, 0.4) is 0 Å². The molecule has 1 aromatic carbocycles. The van der Waals surface area contributed by atoms with Gasteiger partial charge in [0.1, 0.15) is 11.6 Å². The topological polar surface area (TPSA) is 110 Å². The van der Waals surface area contributed by atoms with Gasteiger partial charge < -0.3 is 21.1 Å². The van der Waals surface area contributed by atoms with E-state index in [1.165, 1.54) is 30.9 Å². The van der Waals surface area contributed by atoms with E-state index in [1.54, 1.807) is 25.3 Å². The lowest BCUT2D eigenvalue weighted by Gasteiger charge is -2.13. The van der Waals surface area contributed by atoms with Crippen LogP contribution < -0.4 is 21.1 Å². The van der Waals surface area contributed by atoms with Crippen molar-refractivity contribution >= 4 is 17.9 Å². The molecule has 0 amide bonds. The third-order valence-corrected chi connectivity index (χ3v) is 4.07. The standard InChI is InChI=1S/C23H22FN7O/c1-4-15(2)29-18-6-5-7-20(9-18)32-22-21(16-8-17(24)12-27-11-16)14-28-23(31-22)30-19(10-25)13-26-3/h4-14,29H,1-2,25H2,3H3,(H,28,30,31)/b19-10+,26-13?. The average molecular weight is 431 g/mol. The van der Waals surface area contributed by atoms with Crippen LogP contribution in [-0.2, 0) is 0 Å². The molecule has 0 aliphatic rings. The summed E-state index contributed by atoms with van der Waals surface area (Å²) in [5.74, 6) is 0.419. The Morgan fingerprint density at radius 2 is 2.06 bits per heavy atom. The first-order chi connectivity index (χ1) is 15.5. The summed E-state index contributed by atoms with van der Waals surface area (Å²) < 4.78 is 19.8. The van der Waals surface area contributed by atoms with E-state index in [2.05, 4.69) is 43.7 Å². The molecule has 3 aromatic rings. The van der Waals surface area contributed by atoms with Crippen molar-refractivity contribution in [2.24, 2.45) is 10.7 Å². The van der Waals surface area contributed by atoms with Crippen molar-refractivity contribution in [1.82, 2.24) is 15.0 Å². The summed E-state index contributed by atoms with van der Waals surface area (Å²) in [6.45, 7) is 7.52. The van der Waals surface area contributed by atoms with Gasteiger partial charge in [0, 0.05) is 54.9 Å². The van der Waals surface area contributed by atoms with Gasteiger partial charge in [-0.05, 0) is 24.3 Å². The van der Waals surface area contributed by atoms with E-state index in [1.807, 2.05) is 12.1 Å². The highest BCUT2D eigenvalue weighted by molar-refractivity contribution is 5.82. The van der Waals surface area contributed by atoms with Crippen LogP contribution in [0.5, 0.6) is 11.6 Å². The number of nitrogens with one attached hydrogen (secondary N) is 2. The van der Waals surface area contributed by atoms with Gasteiger partial charge in [-0.25, -0.2) is 9.37 Å². The third kappa shape index (κ3) is 5.76. The Labute approximate surface area is 185 Å². The highest BCUT2D eigenvalue weighted by Gasteiger charge is 2.14. The highest BCUT2D eigenvalue weighted by Crippen LogP contribution is 2.33. The molecule has 2 heterocycles. The molecule has 162 valence electrons. The SMILES string of the molecule is C=CC(=C)Nc1cccc(Oc2nc(N/C(C=NC)=C/N)ncc2-c2cncc(F)c2)c1. The number of hydrogen-bond donors (Lipinski definition) is 3. The first-order valence-corrected chi connectivity index (χ1v) is 9.47. The second-order valence-electron chi connectivity index (χ2n) is 6.42. The molecule has 0 fully saturated rings. The van der Waals surface area contributed by atoms with Crippen LogP contribution in [0.4, 0.5) is 16.0 Å². The van der Waals surface area contributed by atoms with Gasteiger partial charge in [-0.1, -0.05) is 19.2 Å². The Morgan fingerprint density at radius 1 is 1.22 bits per heavy atom. The Hall–Kier alpha value is -4.53. The second kappa shape index (κ2) is 10.5. The molecule has 9 heteroatoms. The van der Waals surface area contributed by atoms with Gasteiger partial charge in [0.05, 0.1) is 17.5 Å². The number of pyridine rings is 1. The molecule has 0 saturated carbocycles. The van der Waals surface area contributed by atoms with Crippen molar-refractivity contribution in [2.75, 3.05) is 17.7 Å². The first-order valence-electron chi connectivity index (χ1n) is 9.47. The lowest BCUT2D eigenvalue weighted by atomic mass is 10.1. The van der Waals surface area contributed by atoms with Crippen LogP contribution in [0.2, 0.25) is 0 Å². The number of nitrogens with zero attached hydrogens (tertiary/aromatic N) is 4. The molecule has 0 aliphatic carbocycles. The smallest absolute Gasteiger partial charge is 0.232 e. The summed E-state index contributed by atoms with van der Waals surface area (Å²) in [6.07, 6.45) is 8.60. The number of halogens is 1. The Bertz CT molecular complexity index is 1190. The summed E-state index contributed by atoms with van der Waals surface area (Å²) in [5, 5.41) is 6.05. The minimum absolute atomic E-state index is 0.194. The number of benzene rings is 1. The summed E-state index contributed by atoms with van der Waals surface area (Å²) in [5.41, 5.74) is 8.41. The number of anilines is 2. The van der Waals surface area contributed by atoms with Gasteiger partial charge in [-0.2, -0.15) is 4.98 Å². The zero-order valence-electron chi connectivity index (χ0n) is 17.4.